The Balaban J connectivity index is 1.32. The maximum absolute atomic E-state index is 12.7. The molecule has 0 aliphatic rings. The van der Waals surface area contributed by atoms with E-state index in [4.69, 9.17) is 4.74 Å². The Bertz CT molecular complexity index is 1280. The minimum atomic E-state index is -0.243. The number of carbonyl (C=O) groups is 1. The van der Waals surface area contributed by atoms with Crippen LogP contribution in [0.2, 0.25) is 0 Å². The number of unbranched alkanes of at least 4 members (excludes halogenated alkanes) is 4. The van der Waals surface area contributed by atoms with Gasteiger partial charge in [-0.25, -0.2) is 0 Å². The molecule has 4 aromatic rings. The quantitative estimate of drug-likeness (QED) is 0.110. The molecule has 7 heteroatoms. The highest BCUT2D eigenvalue weighted by atomic mass is 19.1. The lowest BCUT2D eigenvalue weighted by Crippen LogP contribution is -2.00. The molecule has 0 unspecified atom stereocenters. The van der Waals surface area contributed by atoms with Crippen LogP contribution >= 0.6 is 0 Å². The Hall–Kier alpha value is -4.00. The summed E-state index contributed by atoms with van der Waals surface area (Å²) in [5.74, 6) is 0.595. The SMILES string of the molecule is O=C(/C=C/c1ccc(-c2ccc(OCCCCCCCF)cc2)cc1)c1cccc2nnn(O)c12. The molecule has 1 heterocycles. The maximum Gasteiger partial charge on any atom is 0.188 e. The van der Waals surface area contributed by atoms with Crippen molar-refractivity contribution in [2.45, 2.75) is 32.1 Å². The Morgan fingerprint density at radius 3 is 2.34 bits per heavy atom. The lowest BCUT2D eigenvalue weighted by molar-refractivity contribution is 0.104. The van der Waals surface area contributed by atoms with Gasteiger partial charge in [-0.3, -0.25) is 9.18 Å². The third-order valence-electron chi connectivity index (χ3n) is 5.79. The van der Waals surface area contributed by atoms with E-state index in [-0.39, 0.29) is 12.5 Å². The van der Waals surface area contributed by atoms with Crippen LogP contribution in [0.1, 0.15) is 48.0 Å². The summed E-state index contributed by atoms with van der Waals surface area (Å²) in [4.78, 5) is 13.3. The van der Waals surface area contributed by atoms with Crippen molar-refractivity contribution in [3.8, 4) is 16.9 Å². The van der Waals surface area contributed by atoms with Crippen LogP contribution < -0.4 is 4.74 Å². The zero-order valence-corrected chi connectivity index (χ0v) is 19.4. The summed E-state index contributed by atoms with van der Waals surface area (Å²) in [5.41, 5.74) is 4.10. The van der Waals surface area contributed by atoms with Gasteiger partial charge < -0.3 is 9.94 Å². The average Bonchev–Trinajstić information content (AvgIpc) is 3.28. The second-order valence-electron chi connectivity index (χ2n) is 8.30. The Kier molecular flexibility index (Phi) is 8.22. The lowest BCUT2D eigenvalue weighted by Gasteiger charge is -2.08. The number of carbonyl (C=O) groups excluding carboxylic acids is 1. The molecule has 1 N–H and O–H groups in total. The van der Waals surface area contributed by atoms with Gasteiger partial charge in [0, 0.05) is 0 Å². The van der Waals surface area contributed by atoms with Crippen molar-refractivity contribution in [1.29, 1.82) is 0 Å². The number of alkyl halides is 1. The number of ether oxygens (including phenoxy) is 1. The summed E-state index contributed by atoms with van der Waals surface area (Å²) in [5, 5.41) is 17.2. The van der Waals surface area contributed by atoms with Gasteiger partial charge in [0.05, 0.1) is 18.8 Å². The van der Waals surface area contributed by atoms with Gasteiger partial charge in [0.2, 0.25) is 0 Å². The predicted octanol–water partition coefficient (Wildman–Crippen LogP) is 6.53. The van der Waals surface area contributed by atoms with E-state index in [9.17, 15) is 14.4 Å². The Morgan fingerprint density at radius 2 is 1.60 bits per heavy atom. The minimum absolute atomic E-state index is 0.226. The van der Waals surface area contributed by atoms with Gasteiger partial charge in [-0.2, -0.15) is 0 Å². The topological polar surface area (TPSA) is 77.2 Å². The number of fused-ring (bicyclic) bond motifs is 1. The number of rotatable bonds is 12. The molecule has 0 saturated carbocycles. The molecule has 0 radical (unpaired) electrons. The molecule has 0 fully saturated rings. The van der Waals surface area contributed by atoms with Crippen molar-refractivity contribution in [3.05, 3.63) is 83.9 Å². The zero-order valence-electron chi connectivity index (χ0n) is 19.4. The van der Waals surface area contributed by atoms with Crippen molar-refractivity contribution in [3.63, 3.8) is 0 Å². The summed E-state index contributed by atoms with van der Waals surface area (Å²) in [6, 6.07) is 20.9. The van der Waals surface area contributed by atoms with Crippen molar-refractivity contribution in [2.75, 3.05) is 13.3 Å². The Labute approximate surface area is 203 Å². The van der Waals surface area contributed by atoms with E-state index in [1.54, 1.807) is 24.3 Å². The third-order valence-corrected chi connectivity index (χ3v) is 5.79. The molecular weight excluding hydrogens is 445 g/mol. The van der Waals surface area contributed by atoms with E-state index in [2.05, 4.69) is 10.3 Å². The smallest absolute Gasteiger partial charge is 0.188 e. The van der Waals surface area contributed by atoms with E-state index in [0.29, 0.717) is 34.5 Å². The molecular formula is C28H28FN3O3. The highest BCUT2D eigenvalue weighted by Gasteiger charge is 2.13. The highest BCUT2D eigenvalue weighted by Crippen LogP contribution is 2.24. The minimum Gasteiger partial charge on any atom is -0.494 e. The second-order valence-corrected chi connectivity index (χ2v) is 8.30. The highest BCUT2D eigenvalue weighted by molar-refractivity contribution is 6.13. The number of benzene rings is 3. The summed E-state index contributed by atoms with van der Waals surface area (Å²) in [6.45, 7) is 0.441. The van der Waals surface area contributed by atoms with E-state index in [1.165, 1.54) is 6.08 Å². The number of hydrogen-bond acceptors (Lipinski definition) is 5. The van der Waals surface area contributed by atoms with Crippen LogP contribution in [0.5, 0.6) is 5.75 Å². The van der Waals surface area contributed by atoms with Crippen LogP contribution in [-0.2, 0) is 0 Å². The number of nitrogens with zero attached hydrogens (tertiary/aromatic N) is 3. The number of halogens is 1. The molecule has 0 atom stereocenters. The molecule has 0 amide bonds. The van der Waals surface area contributed by atoms with Gasteiger partial charge in [-0.1, -0.05) is 72.6 Å². The van der Waals surface area contributed by atoms with Gasteiger partial charge in [0.25, 0.3) is 0 Å². The van der Waals surface area contributed by atoms with Crippen LogP contribution in [0, 0.1) is 0 Å². The predicted molar refractivity (Wildman–Crippen MR) is 135 cm³/mol. The number of ketones is 1. The van der Waals surface area contributed by atoms with Crippen molar-refractivity contribution >= 4 is 22.9 Å². The number of para-hydroxylation sites is 1. The molecule has 0 spiro atoms. The fourth-order valence-corrected chi connectivity index (χ4v) is 3.87. The van der Waals surface area contributed by atoms with Crippen LogP contribution in [0.25, 0.3) is 28.2 Å². The molecule has 180 valence electrons. The Morgan fingerprint density at radius 1 is 0.914 bits per heavy atom. The normalized spacial score (nSPS) is 11.3. The molecule has 3 aromatic carbocycles. The molecule has 0 aliphatic heterocycles. The van der Waals surface area contributed by atoms with Gasteiger partial charge in [0.1, 0.15) is 16.8 Å². The summed E-state index contributed by atoms with van der Waals surface area (Å²) >= 11 is 0. The number of allylic oxidation sites excluding steroid dienone is 1. The van der Waals surface area contributed by atoms with Gasteiger partial charge in [0.15, 0.2) is 5.78 Å². The number of aromatic nitrogens is 3. The first-order chi connectivity index (χ1) is 17.2. The van der Waals surface area contributed by atoms with Crippen LogP contribution in [0.3, 0.4) is 0 Å². The largest absolute Gasteiger partial charge is 0.494 e. The summed E-state index contributed by atoms with van der Waals surface area (Å²) in [6.07, 6.45) is 7.90. The molecule has 6 nitrogen and oxygen atoms in total. The van der Waals surface area contributed by atoms with E-state index >= 15 is 0 Å². The molecule has 4 rings (SSSR count). The first kappa shape index (κ1) is 24.1. The van der Waals surface area contributed by atoms with Gasteiger partial charge in [-0.05, 0) is 65.1 Å². The summed E-state index contributed by atoms with van der Waals surface area (Å²) in [7, 11) is 0. The molecule has 0 aliphatic carbocycles. The average molecular weight is 474 g/mol. The molecule has 0 saturated heterocycles. The lowest BCUT2D eigenvalue weighted by atomic mass is 10.0. The first-order valence-corrected chi connectivity index (χ1v) is 11.8. The first-order valence-electron chi connectivity index (χ1n) is 11.8. The van der Waals surface area contributed by atoms with Crippen molar-refractivity contribution in [2.24, 2.45) is 0 Å². The molecule has 35 heavy (non-hydrogen) atoms. The summed E-state index contributed by atoms with van der Waals surface area (Å²) < 4.78 is 17.9. The monoisotopic (exact) mass is 473 g/mol. The van der Waals surface area contributed by atoms with Crippen LogP contribution in [0.15, 0.2) is 72.8 Å². The van der Waals surface area contributed by atoms with Gasteiger partial charge in [-0.15, -0.1) is 5.10 Å². The van der Waals surface area contributed by atoms with E-state index in [1.807, 2.05) is 48.5 Å². The van der Waals surface area contributed by atoms with E-state index < -0.39 is 0 Å². The van der Waals surface area contributed by atoms with Crippen LogP contribution in [0.4, 0.5) is 4.39 Å². The van der Waals surface area contributed by atoms with Crippen molar-refractivity contribution < 1.29 is 19.1 Å². The van der Waals surface area contributed by atoms with E-state index in [0.717, 1.165) is 48.1 Å². The van der Waals surface area contributed by atoms with Crippen LogP contribution in [-0.4, -0.2) is 39.4 Å². The number of hydrogen-bond donors (Lipinski definition) is 1. The van der Waals surface area contributed by atoms with Crippen molar-refractivity contribution in [1.82, 2.24) is 15.2 Å². The molecule has 1 aromatic heterocycles. The zero-order chi connectivity index (χ0) is 24.5. The third kappa shape index (κ3) is 6.32. The molecule has 0 bridgehead atoms. The van der Waals surface area contributed by atoms with Gasteiger partial charge >= 0.3 is 0 Å². The fourth-order valence-electron chi connectivity index (χ4n) is 3.87. The second kappa shape index (κ2) is 11.9. The standard InChI is InChI=1S/C28H28FN3O3/c29-19-4-2-1-3-5-20-35-24-16-14-23(15-17-24)22-12-9-21(10-13-22)11-18-27(33)25-7-6-8-26-28(25)32(34)31-30-26/h6-18,34H,1-5,19-20H2/b18-11+. The fraction of sp³-hybridized carbons (Fsp3) is 0.250. The maximum atomic E-state index is 12.7.